The number of ketones is 1. The number of fused-ring (bicyclic) bond motifs is 1. The summed E-state index contributed by atoms with van der Waals surface area (Å²) in [6.45, 7) is 2.62. The summed E-state index contributed by atoms with van der Waals surface area (Å²) in [6.07, 6.45) is 3.54. The summed E-state index contributed by atoms with van der Waals surface area (Å²) < 4.78 is 11.2. The van der Waals surface area contributed by atoms with Crippen molar-refractivity contribution in [3.05, 3.63) is 47.0 Å². The molecule has 11 heteroatoms. The topological polar surface area (TPSA) is 153 Å². The molecule has 1 atom stereocenters. The molecular formula is C28H33N5O6. The van der Waals surface area contributed by atoms with Gasteiger partial charge < -0.3 is 20.1 Å². The average Bonchev–Trinajstić information content (AvgIpc) is 3.25. The number of nitrogens with one attached hydrogen (secondary N) is 1. The van der Waals surface area contributed by atoms with Crippen molar-refractivity contribution >= 4 is 34.9 Å². The molecule has 1 unspecified atom stereocenters. The third-order valence-corrected chi connectivity index (χ3v) is 6.83. The van der Waals surface area contributed by atoms with Crippen LogP contribution in [0.4, 0.5) is 11.4 Å². The molecule has 206 valence electrons. The van der Waals surface area contributed by atoms with Crippen molar-refractivity contribution in [2.24, 2.45) is 16.0 Å². The maximum Gasteiger partial charge on any atom is 0.255 e. The average molecular weight is 536 g/mol. The molecule has 0 spiro atoms. The van der Waals surface area contributed by atoms with E-state index in [1.807, 2.05) is 6.92 Å². The second kappa shape index (κ2) is 12.6. The Hall–Kier alpha value is -4.12. The molecule has 2 aliphatic heterocycles. The SMILES string of the molecule is COc1cc(OCC(=O)CCCCCN)cc(C)c1N=Nc1cccc2c1CN(C1CCC(=O)NC1=O)C2=O. The number of amides is 3. The van der Waals surface area contributed by atoms with E-state index in [9.17, 15) is 19.2 Å². The van der Waals surface area contributed by atoms with Gasteiger partial charge in [-0.25, -0.2) is 0 Å². The van der Waals surface area contributed by atoms with Gasteiger partial charge in [0.05, 0.1) is 12.8 Å². The number of aryl methyl sites for hydroxylation is 1. The summed E-state index contributed by atoms with van der Waals surface area (Å²) in [6, 6.07) is 7.88. The van der Waals surface area contributed by atoms with Gasteiger partial charge in [-0.2, -0.15) is 5.11 Å². The molecule has 0 radical (unpaired) electrons. The summed E-state index contributed by atoms with van der Waals surface area (Å²) in [5, 5.41) is 11.1. The number of hydrogen-bond acceptors (Lipinski definition) is 9. The number of Topliss-reactive ketones (excluding diaryl/α,β-unsaturated/α-hetero) is 1. The summed E-state index contributed by atoms with van der Waals surface area (Å²) in [5.74, 6) is -0.137. The zero-order valence-electron chi connectivity index (χ0n) is 22.2. The van der Waals surface area contributed by atoms with Crippen molar-refractivity contribution in [3.8, 4) is 11.5 Å². The number of carbonyl (C=O) groups is 4. The largest absolute Gasteiger partial charge is 0.494 e. The molecule has 3 amide bonds. The molecule has 4 rings (SSSR count). The van der Waals surface area contributed by atoms with Gasteiger partial charge >= 0.3 is 0 Å². The van der Waals surface area contributed by atoms with E-state index in [1.54, 1.807) is 30.3 Å². The minimum absolute atomic E-state index is 0.0197. The highest BCUT2D eigenvalue weighted by Crippen LogP contribution is 2.39. The van der Waals surface area contributed by atoms with E-state index in [0.717, 1.165) is 24.8 Å². The minimum Gasteiger partial charge on any atom is -0.494 e. The molecule has 2 aromatic rings. The van der Waals surface area contributed by atoms with Crippen LogP contribution in [0.5, 0.6) is 11.5 Å². The van der Waals surface area contributed by atoms with Gasteiger partial charge in [-0.15, -0.1) is 5.11 Å². The van der Waals surface area contributed by atoms with Crippen LogP contribution in [0.15, 0.2) is 40.6 Å². The number of azo groups is 1. The van der Waals surface area contributed by atoms with Crippen molar-refractivity contribution in [2.75, 3.05) is 20.3 Å². The second-order valence-electron chi connectivity index (χ2n) is 9.62. The fraction of sp³-hybridized carbons (Fsp3) is 0.429. The summed E-state index contributed by atoms with van der Waals surface area (Å²) in [4.78, 5) is 50.6. The molecule has 11 nitrogen and oxygen atoms in total. The van der Waals surface area contributed by atoms with Crippen LogP contribution in [-0.2, 0) is 20.9 Å². The Kier molecular flexibility index (Phi) is 9.03. The molecule has 2 aliphatic rings. The first-order valence-electron chi connectivity index (χ1n) is 13.0. The molecule has 2 aromatic carbocycles. The van der Waals surface area contributed by atoms with Gasteiger partial charge in [0.2, 0.25) is 11.8 Å². The van der Waals surface area contributed by atoms with E-state index in [-0.39, 0.29) is 43.6 Å². The number of hydrogen-bond donors (Lipinski definition) is 2. The Morgan fingerprint density at radius 2 is 1.97 bits per heavy atom. The van der Waals surface area contributed by atoms with Gasteiger partial charge in [0.1, 0.15) is 29.8 Å². The minimum atomic E-state index is -0.708. The Morgan fingerprint density at radius 1 is 1.15 bits per heavy atom. The summed E-state index contributed by atoms with van der Waals surface area (Å²) in [5.41, 5.74) is 8.32. The van der Waals surface area contributed by atoms with Crippen LogP contribution in [0.3, 0.4) is 0 Å². The van der Waals surface area contributed by atoms with Crippen LogP contribution >= 0.6 is 0 Å². The number of nitrogens with zero attached hydrogens (tertiary/aromatic N) is 3. The number of methoxy groups -OCH3 is 1. The van der Waals surface area contributed by atoms with E-state index in [0.29, 0.717) is 47.0 Å². The molecular weight excluding hydrogens is 502 g/mol. The van der Waals surface area contributed by atoms with E-state index in [2.05, 4.69) is 15.5 Å². The Labute approximate surface area is 226 Å². The van der Waals surface area contributed by atoms with Gasteiger partial charge in [0, 0.05) is 36.6 Å². The van der Waals surface area contributed by atoms with E-state index in [1.165, 1.54) is 12.0 Å². The molecule has 3 N–H and O–H groups in total. The maximum absolute atomic E-state index is 13.1. The molecule has 2 heterocycles. The van der Waals surface area contributed by atoms with Crippen molar-refractivity contribution in [3.63, 3.8) is 0 Å². The van der Waals surface area contributed by atoms with Crippen LogP contribution in [0, 0.1) is 6.92 Å². The van der Waals surface area contributed by atoms with E-state index < -0.39 is 11.9 Å². The number of carbonyl (C=O) groups excluding carboxylic acids is 4. The zero-order chi connectivity index (χ0) is 27.9. The smallest absolute Gasteiger partial charge is 0.255 e. The number of benzene rings is 2. The van der Waals surface area contributed by atoms with E-state index in [4.69, 9.17) is 15.2 Å². The number of rotatable bonds is 12. The Bertz CT molecular complexity index is 1310. The first-order valence-corrected chi connectivity index (χ1v) is 13.0. The van der Waals surface area contributed by atoms with Gasteiger partial charge in [0.25, 0.3) is 5.91 Å². The predicted octanol–water partition coefficient (Wildman–Crippen LogP) is 3.65. The standard InChI is InChI=1S/C28H33N5O6/c1-17-13-19(39-16-18(34)7-4-3-5-12-29)14-24(38-2)26(17)32-31-22-9-6-8-20-21(22)15-33(28(20)37)23-10-11-25(35)30-27(23)36/h6,8-9,13-14,23H,3-5,7,10-12,15-16,29H2,1-2H3,(H,30,35,36). The van der Waals surface area contributed by atoms with Crippen molar-refractivity contribution in [1.82, 2.24) is 10.2 Å². The van der Waals surface area contributed by atoms with Crippen molar-refractivity contribution in [2.45, 2.75) is 58.0 Å². The molecule has 0 aromatic heterocycles. The lowest BCUT2D eigenvalue weighted by atomic mass is 10.0. The first-order chi connectivity index (χ1) is 18.8. The molecule has 39 heavy (non-hydrogen) atoms. The summed E-state index contributed by atoms with van der Waals surface area (Å²) >= 11 is 0. The Balaban J connectivity index is 1.47. The quantitative estimate of drug-likeness (QED) is 0.239. The number of piperidine rings is 1. The van der Waals surface area contributed by atoms with Crippen LogP contribution in [0.25, 0.3) is 0 Å². The lowest BCUT2D eigenvalue weighted by Crippen LogP contribution is -2.52. The highest BCUT2D eigenvalue weighted by Gasteiger charge is 2.39. The number of nitrogens with two attached hydrogens (primary N) is 1. The highest BCUT2D eigenvalue weighted by molar-refractivity contribution is 6.06. The maximum atomic E-state index is 13.1. The van der Waals surface area contributed by atoms with Gasteiger partial charge in [0.15, 0.2) is 5.78 Å². The van der Waals surface area contributed by atoms with Crippen molar-refractivity contribution in [1.29, 1.82) is 0 Å². The van der Waals surface area contributed by atoms with Gasteiger partial charge in [-0.1, -0.05) is 12.5 Å². The zero-order valence-corrected chi connectivity index (χ0v) is 22.2. The number of imide groups is 1. The monoisotopic (exact) mass is 535 g/mol. The van der Waals surface area contributed by atoms with Crippen LogP contribution < -0.4 is 20.5 Å². The lowest BCUT2D eigenvalue weighted by molar-refractivity contribution is -0.137. The molecule has 1 fully saturated rings. The van der Waals surface area contributed by atoms with Crippen molar-refractivity contribution < 1.29 is 28.7 Å². The van der Waals surface area contributed by atoms with Gasteiger partial charge in [-0.05, 0) is 56.5 Å². The molecule has 0 saturated carbocycles. The number of ether oxygens (including phenoxy) is 2. The molecule has 0 bridgehead atoms. The van der Waals surface area contributed by atoms with E-state index >= 15 is 0 Å². The van der Waals surface area contributed by atoms with Crippen LogP contribution in [0.1, 0.15) is 60.0 Å². The normalized spacial score (nSPS) is 16.9. The van der Waals surface area contributed by atoms with Crippen LogP contribution in [-0.4, -0.2) is 54.7 Å². The summed E-state index contributed by atoms with van der Waals surface area (Å²) in [7, 11) is 1.51. The van der Waals surface area contributed by atoms with Crippen LogP contribution in [0.2, 0.25) is 0 Å². The fourth-order valence-electron chi connectivity index (χ4n) is 4.73. The molecule has 1 saturated heterocycles. The van der Waals surface area contributed by atoms with Gasteiger partial charge in [-0.3, -0.25) is 24.5 Å². The highest BCUT2D eigenvalue weighted by atomic mass is 16.5. The first kappa shape index (κ1) is 27.9. The third kappa shape index (κ3) is 6.48. The number of unbranched alkanes of at least 4 members (excludes halogenated alkanes) is 2. The Morgan fingerprint density at radius 3 is 2.72 bits per heavy atom. The molecule has 0 aliphatic carbocycles. The third-order valence-electron chi connectivity index (χ3n) is 6.83. The second-order valence-corrected chi connectivity index (χ2v) is 9.62. The fourth-order valence-corrected chi connectivity index (χ4v) is 4.73. The predicted molar refractivity (Wildman–Crippen MR) is 142 cm³/mol. The lowest BCUT2D eigenvalue weighted by Gasteiger charge is -2.29.